The molecule has 26 heavy (non-hydrogen) atoms. The van der Waals surface area contributed by atoms with Gasteiger partial charge in [0.1, 0.15) is 11.5 Å². The van der Waals surface area contributed by atoms with Crippen molar-refractivity contribution in [3.8, 4) is 0 Å². The molecule has 0 bridgehead atoms. The van der Waals surface area contributed by atoms with Gasteiger partial charge < -0.3 is 15.4 Å². The minimum atomic E-state index is -0.219. The average Bonchev–Trinajstić information content (AvgIpc) is 2.68. The van der Waals surface area contributed by atoms with Gasteiger partial charge in [0, 0.05) is 37.7 Å². The van der Waals surface area contributed by atoms with E-state index in [0.29, 0.717) is 29.6 Å². The van der Waals surface area contributed by atoms with E-state index in [4.69, 9.17) is 16.3 Å². The molecule has 1 aliphatic heterocycles. The van der Waals surface area contributed by atoms with Crippen molar-refractivity contribution in [2.24, 2.45) is 0 Å². The standard InChI is InChI=1S/C18H22ClN5O2/c19-15-4-2-1-3-14(15)11-22-17-13-21-16(12-23-17)18(25)20-5-6-24-7-9-26-10-8-24/h1-4,12-13H,5-11H2,(H,20,25)(H,22,23). The van der Waals surface area contributed by atoms with Gasteiger partial charge in [-0.3, -0.25) is 9.69 Å². The lowest BCUT2D eigenvalue weighted by Gasteiger charge is -2.26. The number of rotatable bonds is 7. The fourth-order valence-electron chi connectivity index (χ4n) is 2.61. The third-order valence-electron chi connectivity index (χ3n) is 4.12. The number of amides is 1. The van der Waals surface area contributed by atoms with E-state index in [2.05, 4.69) is 25.5 Å². The van der Waals surface area contributed by atoms with Crippen molar-refractivity contribution >= 4 is 23.3 Å². The van der Waals surface area contributed by atoms with Crippen molar-refractivity contribution in [1.82, 2.24) is 20.2 Å². The molecule has 1 aromatic carbocycles. The second kappa shape index (κ2) is 9.47. The summed E-state index contributed by atoms with van der Waals surface area (Å²) in [7, 11) is 0. The van der Waals surface area contributed by atoms with Crippen LogP contribution < -0.4 is 10.6 Å². The maximum Gasteiger partial charge on any atom is 0.271 e. The van der Waals surface area contributed by atoms with Crippen LogP contribution in [0.5, 0.6) is 0 Å². The second-order valence-electron chi connectivity index (χ2n) is 5.94. The van der Waals surface area contributed by atoms with Crippen molar-refractivity contribution in [3.05, 3.63) is 52.9 Å². The Kier molecular flexibility index (Phi) is 6.76. The Morgan fingerprint density at radius 1 is 1.19 bits per heavy atom. The van der Waals surface area contributed by atoms with Gasteiger partial charge in [0.15, 0.2) is 0 Å². The number of nitrogens with one attached hydrogen (secondary N) is 2. The van der Waals surface area contributed by atoms with Gasteiger partial charge in [-0.1, -0.05) is 29.8 Å². The summed E-state index contributed by atoms with van der Waals surface area (Å²) >= 11 is 6.12. The highest BCUT2D eigenvalue weighted by Crippen LogP contribution is 2.16. The lowest BCUT2D eigenvalue weighted by molar-refractivity contribution is 0.0383. The van der Waals surface area contributed by atoms with Crippen LogP contribution in [0.1, 0.15) is 16.1 Å². The number of halogens is 1. The van der Waals surface area contributed by atoms with Crippen molar-refractivity contribution in [2.45, 2.75) is 6.54 Å². The van der Waals surface area contributed by atoms with Crippen molar-refractivity contribution < 1.29 is 9.53 Å². The molecule has 7 nitrogen and oxygen atoms in total. The minimum Gasteiger partial charge on any atom is -0.379 e. The molecular weight excluding hydrogens is 354 g/mol. The summed E-state index contributed by atoms with van der Waals surface area (Å²) in [6, 6.07) is 7.60. The summed E-state index contributed by atoms with van der Waals surface area (Å²) in [5, 5.41) is 6.71. The van der Waals surface area contributed by atoms with E-state index in [-0.39, 0.29) is 5.91 Å². The summed E-state index contributed by atoms with van der Waals surface area (Å²) in [5.41, 5.74) is 1.27. The highest BCUT2D eigenvalue weighted by molar-refractivity contribution is 6.31. The molecular formula is C18H22ClN5O2. The number of anilines is 1. The number of morpholine rings is 1. The number of ether oxygens (including phenoxy) is 1. The first kappa shape index (κ1) is 18.6. The van der Waals surface area contributed by atoms with Crippen LogP contribution in [0.15, 0.2) is 36.7 Å². The summed E-state index contributed by atoms with van der Waals surface area (Å²) in [6.07, 6.45) is 3.02. The van der Waals surface area contributed by atoms with Crippen molar-refractivity contribution in [2.75, 3.05) is 44.7 Å². The van der Waals surface area contributed by atoms with Gasteiger partial charge in [0.25, 0.3) is 5.91 Å². The molecule has 1 aromatic heterocycles. The molecule has 0 radical (unpaired) electrons. The monoisotopic (exact) mass is 375 g/mol. The number of hydrogen-bond acceptors (Lipinski definition) is 6. The minimum absolute atomic E-state index is 0.219. The van der Waals surface area contributed by atoms with Crippen LogP contribution in [-0.4, -0.2) is 60.2 Å². The Bertz CT molecular complexity index is 720. The lowest BCUT2D eigenvalue weighted by atomic mass is 10.2. The van der Waals surface area contributed by atoms with Crippen molar-refractivity contribution in [1.29, 1.82) is 0 Å². The second-order valence-corrected chi connectivity index (χ2v) is 6.35. The molecule has 1 amide bonds. The number of benzene rings is 1. The predicted octanol–water partition coefficient (Wildman–Crippen LogP) is 1.80. The third-order valence-corrected chi connectivity index (χ3v) is 4.49. The quantitative estimate of drug-likeness (QED) is 0.768. The van der Waals surface area contributed by atoms with Gasteiger partial charge in [-0.25, -0.2) is 9.97 Å². The van der Waals surface area contributed by atoms with Crippen LogP contribution >= 0.6 is 11.6 Å². The Labute approximate surface area is 157 Å². The Hall–Kier alpha value is -2.22. The highest BCUT2D eigenvalue weighted by Gasteiger charge is 2.12. The van der Waals surface area contributed by atoms with Crippen LogP contribution in [0.4, 0.5) is 5.82 Å². The van der Waals surface area contributed by atoms with Crippen LogP contribution in [0.3, 0.4) is 0 Å². The molecule has 0 unspecified atom stereocenters. The van der Waals surface area contributed by atoms with E-state index in [1.54, 1.807) is 6.20 Å². The lowest BCUT2D eigenvalue weighted by Crippen LogP contribution is -2.41. The van der Waals surface area contributed by atoms with Crippen LogP contribution in [-0.2, 0) is 11.3 Å². The number of carbonyl (C=O) groups is 1. The Balaban J connectivity index is 1.44. The van der Waals surface area contributed by atoms with E-state index >= 15 is 0 Å². The molecule has 0 aliphatic carbocycles. The largest absolute Gasteiger partial charge is 0.379 e. The number of aromatic nitrogens is 2. The van der Waals surface area contributed by atoms with Crippen LogP contribution in [0, 0.1) is 0 Å². The predicted molar refractivity (Wildman–Crippen MR) is 100 cm³/mol. The number of carbonyl (C=O) groups excluding carboxylic acids is 1. The molecule has 8 heteroatoms. The van der Waals surface area contributed by atoms with Gasteiger partial charge in [0.05, 0.1) is 25.6 Å². The molecule has 2 heterocycles. The molecule has 0 atom stereocenters. The first-order valence-electron chi connectivity index (χ1n) is 8.60. The molecule has 1 saturated heterocycles. The topological polar surface area (TPSA) is 79.4 Å². The average molecular weight is 376 g/mol. The summed E-state index contributed by atoms with van der Waals surface area (Å²) < 4.78 is 5.30. The first-order valence-corrected chi connectivity index (χ1v) is 8.98. The molecule has 138 valence electrons. The normalized spacial score (nSPS) is 14.8. The Morgan fingerprint density at radius 3 is 2.73 bits per heavy atom. The molecule has 1 aliphatic rings. The van der Waals surface area contributed by atoms with Gasteiger partial charge in [-0.2, -0.15) is 0 Å². The van der Waals surface area contributed by atoms with Gasteiger partial charge in [-0.05, 0) is 11.6 Å². The van der Waals surface area contributed by atoms with E-state index in [9.17, 15) is 4.79 Å². The zero-order valence-corrected chi connectivity index (χ0v) is 15.2. The summed E-state index contributed by atoms with van der Waals surface area (Å²) in [4.78, 5) is 22.8. The smallest absolute Gasteiger partial charge is 0.271 e. The number of nitrogens with zero attached hydrogens (tertiary/aromatic N) is 3. The third kappa shape index (κ3) is 5.39. The zero-order chi connectivity index (χ0) is 18.2. The molecule has 2 N–H and O–H groups in total. The van der Waals surface area contributed by atoms with Crippen LogP contribution in [0.2, 0.25) is 5.02 Å². The SMILES string of the molecule is O=C(NCCN1CCOCC1)c1cnc(NCc2ccccc2Cl)cn1. The van der Waals surface area contributed by atoms with Gasteiger partial charge in [-0.15, -0.1) is 0 Å². The van der Waals surface area contributed by atoms with Crippen LogP contribution in [0.25, 0.3) is 0 Å². The zero-order valence-electron chi connectivity index (χ0n) is 14.4. The maximum absolute atomic E-state index is 12.1. The first-order chi connectivity index (χ1) is 12.7. The number of hydrogen-bond donors (Lipinski definition) is 2. The highest BCUT2D eigenvalue weighted by atomic mass is 35.5. The molecule has 2 aromatic rings. The summed E-state index contributed by atoms with van der Waals surface area (Å²) in [6.45, 7) is 5.24. The summed E-state index contributed by atoms with van der Waals surface area (Å²) in [5.74, 6) is 0.373. The van der Waals surface area contributed by atoms with Gasteiger partial charge in [0.2, 0.25) is 0 Å². The van der Waals surface area contributed by atoms with E-state index < -0.39 is 0 Å². The molecule has 0 spiro atoms. The molecule has 3 rings (SSSR count). The Morgan fingerprint density at radius 2 is 2.00 bits per heavy atom. The van der Waals surface area contributed by atoms with E-state index in [1.165, 1.54) is 6.20 Å². The van der Waals surface area contributed by atoms with Crippen molar-refractivity contribution in [3.63, 3.8) is 0 Å². The molecule has 1 fully saturated rings. The van der Waals surface area contributed by atoms with E-state index in [0.717, 1.165) is 38.4 Å². The van der Waals surface area contributed by atoms with E-state index in [1.807, 2.05) is 24.3 Å². The fourth-order valence-corrected chi connectivity index (χ4v) is 2.81. The molecule has 0 saturated carbocycles. The maximum atomic E-state index is 12.1. The fraction of sp³-hybridized carbons (Fsp3) is 0.389. The van der Waals surface area contributed by atoms with Gasteiger partial charge >= 0.3 is 0 Å².